The summed E-state index contributed by atoms with van der Waals surface area (Å²) in [6, 6.07) is 0. The van der Waals surface area contributed by atoms with Gasteiger partial charge >= 0.3 is 5.97 Å². The first-order chi connectivity index (χ1) is 9.63. The molecule has 0 saturated carbocycles. The number of esters is 1. The lowest BCUT2D eigenvalue weighted by molar-refractivity contribution is -0.152. The summed E-state index contributed by atoms with van der Waals surface area (Å²) in [6.45, 7) is 7.81. The maximum Gasteiger partial charge on any atom is 0.310 e. The highest BCUT2D eigenvalue weighted by atomic mass is 16.5. The predicted octanol–water partition coefficient (Wildman–Crippen LogP) is 3.00. The first kappa shape index (κ1) is 17.0. The molecule has 0 aromatic carbocycles. The number of amides is 1. The Morgan fingerprint density at radius 1 is 1.20 bits per heavy atom. The van der Waals surface area contributed by atoms with E-state index in [4.69, 9.17) is 4.74 Å². The highest BCUT2D eigenvalue weighted by Gasteiger charge is 2.31. The Labute approximate surface area is 122 Å². The van der Waals surface area contributed by atoms with Crippen LogP contribution in [0.2, 0.25) is 0 Å². The van der Waals surface area contributed by atoms with Crippen LogP contribution in [0.25, 0.3) is 0 Å². The number of rotatable bonds is 7. The van der Waals surface area contributed by atoms with E-state index in [1.165, 1.54) is 0 Å². The van der Waals surface area contributed by atoms with E-state index < -0.39 is 0 Å². The lowest BCUT2D eigenvalue weighted by Crippen LogP contribution is -2.45. The SMILES string of the molecule is CCCC(CCC)C(=O)N1CCCC(C(=O)OCC)C1. The fourth-order valence-corrected chi connectivity index (χ4v) is 2.98. The third-order valence-electron chi connectivity index (χ3n) is 3.98. The fraction of sp³-hybridized carbons (Fsp3) is 0.875. The average molecular weight is 283 g/mol. The van der Waals surface area contributed by atoms with Gasteiger partial charge in [0.2, 0.25) is 5.91 Å². The molecule has 4 heteroatoms. The van der Waals surface area contributed by atoms with Gasteiger partial charge in [-0.3, -0.25) is 9.59 Å². The van der Waals surface area contributed by atoms with Gasteiger partial charge in [-0.2, -0.15) is 0 Å². The highest BCUT2D eigenvalue weighted by molar-refractivity contribution is 5.80. The molecule has 1 aliphatic rings. The molecule has 0 N–H and O–H groups in total. The summed E-state index contributed by atoms with van der Waals surface area (Å²) in [6.07, 6.45) is 5.71. The second-order valence-electron chi connectivity index (χ2n) is 5.65. The summed E-state index contributed by atoms with van der Waals surface area (Å²) in [5.41, 5.74) is 0. The van der Waals surface area contributed by atoms with E-state index in [0.29, 0.717) is 13.2 Å². The molecule has 0 radical (unpaired) electrons. The Morgan fingerprint density at radius 3 is 2.40 bits per heavy atom. The van der Waals surface area contributed by atoms with Crippen molar-refractivity contribution in [3.05, 3.63) is 0 Å². The minimum atomic E-state index is -0.146. The van der Waals surface area contributed by atoms with Crippen LogP contribution in [-0.4, -0.2) is 36.5 Å². The molecule has 0 bridgehead atoms. The van der Waals surface area contributed by atoms with E-state index >= 15 is 0 Å². The number of hydrogen-bond donors (Lipinski definition) is 0. The average Bonchev–Trinajstić information content (AvgIpc) is 2.46. The Balaban J connectivity index is 2.60. The summed E-state index contributed by atoms with van der Waals surface area (Å²) < 4.78 is 5.09. The van der Waals surface area contributed by atoms with Crippen LogP contribution in [0.4, 0.5) is 0 Å². The number of nitrogens with zero attached hydrogens (tertiary/aromatic N) is 1. The molecule has 4 nitrogen and oxygen atoms in total. The second-order valence-corrected chi connectivity index (χ2v) is 5.65. The topological polar surface area (TPSA) is 46.6 Å². The van der Waals surface area contributed by atoms with E-state index in [1.54, 1.807) is 0 Å². The number of ether oxygens (including phenoxy) is 1. The van der Waals surface area contributed by atoms with Gasteiger partial charge in [-0.15, -0.1) is 0 Å². The Morgan fingerprint density at radius 2 is 1.85 bits per heavy atom. The number of carbonyl (C=O) groups is 2. The maximum absolute atomic E-state index is 12.6. The summed E-state index contributed by atoms with van der Waals surface area (Å²) in [7, 11) is 0. The van der Waals surface area contributed by atoms with Crippen molar-refractivity contribution in [1.82, 2.24) is 4.90 Å². The molecule has 0 spiro atoms. The Bertz CT molecular complexity index is 311. The first-order valence-electron chi connectivity index (χ1n) is 8.09. The van der Waals surface area contributed by atoms with Crippen LogP contribution < -0.4 is 0 Å². The molecular formula is C16H29NO3. The molecule has 1 atom stereocenters. The normalized spacial score (nSPS) is 19.2. The summed E-state index contributed by atoms with van der Waals surface area (Å²) in [5.74, 6) is 0.0951. The van der Waals surface area contributed by atoms with Gasteiger partial charge in [-0.1, -0.05) is 26.7 Å². The molecule has 0 aromatic heterocycles. The molecule has 1 unspecified atom stereocenters. The zero-order valence-electron chi connectivity index (χ0n) is 13.2. The lowest BCUT2D eigenvalue weighted by Gasteiger charge is -2.34. The van der Waals surface area contributed by atoms with Crippen molar-refractivity contribution in [2.24, 2.45) is 11.8 Å². The minimum absolute atomic E-state index is 0.128. The van der Waals surface area contributed by atoms with Crippen molar-refractivity contribution in [2.75, 3.05) is 19.7 Å². The number of piperidine rings is 1. The van der Waals surface area contributed by atoms with Crippen molar-refractivity contribution in [2.45, 2.75) is 59.3 Å². The van der Waals surface area contributed by atoms with Crippen molar-refractivity contribution in [3.63, 3.8) is 0 Å². The van der Waals surface area contributed by atoms with Crippen LogP contribution in [0.1, 0.15) is 59.3 Å². The smallest absolute Gasteiger partial charge is 0.310 e. The molecule has 1 fully saturated rings. The summed E-state index contributed by atoms with van der Waals surface area (Å²) >= 11 is 0. The standard InChI is InChI=1S/C16H29NO3/c1-4-8-13(9-5-2)15(18)17-11-7-10-14(12-17)16(19)20-6-3/h13-14H,4-12H2,1-3H3. The molecule has 1 heterocycles. The van der Waals surface area contributed by atoms with E-state index in [0.717, 1.165) is 45.1 Å². The summed E-state index contributed by atoms with van der Waals surface area (Å²) in [4.78, 5) is 26.3. The molecule has 1 saturated heterocycles. The zero-order valence-corrected chi connectivity index (χ0v) is 13.2. The maximum atomic E-state index is 12.6. The second kappa shape index (κ2) is 8.98. The van der Waals surface area contributed by atoms with Crippen LogP contribution >= 0.6 is 0 Å². The third kappa shape index (κ3) is 4.80. The van der Waals surface area contributed by atoms with Crippen molar-refractivity contribution < 1.29 is 14.3 Å². The number of carbonyl (C=O) groups excluding carboxylic acids is 2. The van der Waals surface area contributed by atoms with Crippen molar-refractivity contribution in [3.8, 4) is 0 Å². The quantitative estimate of drug-likeness (QED) is 0.675. The van der Waals surface area contributed by atoms with Crippen molar-refractivity contribution in [1.29, 1.82) is 0 Å². The van der Waals surface area contributed by atoms with E-state index in [2.05, 4.69) is 13.8 Å². The fourth-order valence-electron chi connectivity index (χ4n) is 2.98. The van der Waals surface area contributed by atoms with Crippen LogP contribution in [0.15, 0.2) is 0 Å². The van der Waals surface area contributed by atoms with Gasteiger partial charge < -0.3 is 9.64 Å². The largest absolute Gasteiger partial charge is 0.466 e. The first-order valence-corrected chi connectivity index (χ1v) is 8.09. The van der Waals surface area contributed by atoms with Crippen LogP contribution in [0.3, 0.4) is 0 Å². The molecule has 1 aliphatic heterocycles. The molecule has 1 rings (SSSR count). The lowest BCUT2D eigenvalue weighted by atomic mass is 9.93. The van der Waals surface area contributed by atoms with Crippen LogP contribution in [0.5, 0.6) is 0 Å². The molecule has 1 amide bonds. The molecule has 20 heavy (non-hydrogen) atoms. The predicted molar refractivity (Wildman–Crippen MR) is 79.2 cm³/mol. The minimum Gasteiger partial charge on any atom is -0.466 e. The van der Waals surface area contributed by atoms with Gasteiger partial charge in [0.1, 0.15) is 0 Å². The number of likely N-dealkylation sites (tertiary alicyclic amines) is 1. The molecule has 116 valence electrons. The van der Waals surface area contributed by atoms with Gasteiger partial charge in [0, 0.05) is 19.0 Å². The third-order valence-corrected chi connectivity index (χ3v) is 3.98. The van der Waals surface area contributed by atoms with E-state index in [1.807, 2.05) is 11.8 Å². The molecule has 0 aromatic rings. The monoisotopic (exact) mass is 283 g/mol. The van der Waals surface area contributed by atoms with Crippen LogP contribution in [-0.2, 0) is 14.3 Å². The van der Waals surface area contributed by atoms with Crippen LogP contribution in [0, 0.1) is 11.8 Å². The van der Waals surface area contributed by atoms with E-state index in [-0.39, 0.29) is 23.7 Å². The molecule has 0 aliphatic carbocycles. The van der Waals surface area contributed by atoms with E-state index in [9.17, 15) is 9.59 Å². The Hall–Kier alpha value is -1.06. The van der Waals surface area contributed by atoms with Gasteiger partial charge in [-0.05, 0) is 32.6 Å². The highest BCUT2D eigenvalue weighted by Crippen LogP contribution is 2.23. The van der Waals surface area contributed by atoms with Crippen molar-refractivity contribution >= 4 is 11.9 Å². The van der Waals surface area contributed by atoms with Gasteiger partial charge in [0.05, 0.1) is 12.5 Å². The Kier molecular flexibility index (Phi) is 7.63. The van der Waals surface area contributed by atoms with Gasteiger partial charge in [-0.25, -0.2) is 0 Å². The van der Waals surface area contributed by atoms with Gasteiger partial charge in [0.25, 0.3) is 0 Å². The number of hydrogen-bond acceptors (Lipinski definition) is 3. The summed E-state index contributed by atoms with van der Waals surface area (Å²) in [5, 5.41) is 0. The molecular weight excluding hydrogens is 254 g/mol. The van der Waals surface area contributed by atoms with Gasteiger partial charge in [0.15, 0.2) is 0 Å². The zero-order chi connectivity index (χ0) is 15.0.